The predicted molar refractivity (Wildman–Crippen MR) is 62.9 cm³/mol. The molecule has 0 bridgehead atoms. The average molecular weight is 252 g/mol. The number of aliphatic hydroxyl groups is 1. The number of aromatic amines is 1. The van der Waals surface area contributed by atoms with E-state index in [1.54, 1.807) is 10.9 Å². The molecule has 1 saturated heterocycles. The van der Waals surface area contributed by atoms with Crippen LogP contribution in [0.3, 0.4) is 0 Å². The summed E-state index contributed by atoms with van der Waals surface area (Å²) >= 11 is 5.11. The number of aliphatic hydroxyl groups excluding tert-OH is 1. The molecule has 2 aromatic rings. The van der Waals surface area contributed by atoms with E-state index in [4.69, 9.17) is 17.0 Å². The molecule has 0 radical (unpaired) electrons. The predicted octanol–water partition coefficient (Wildman–Crippen LogP) is 1.16. The van der Waals surface area contributed by atoms with Crippen molar-refractivity contribution in [2.45, 2.75) is 31.8 Å². The van der Waals surface area contributed by atoms with Gasteiger partial charge in [-0.15, -0.1) is 0 Å². The number of nitrogens with zero attached hydrogens (tertiary/aromatic N) is 3. The smallest absolute Gasteiger partial charge is 0.155 e. The van der Waals surface area contributed by atoms with E-state index >= 15 is 0 Å². The van der Waals surface area contributed by atoms with Crippen LogP contribution in [0.2, 0.25) is 0 Å². The minimum absolute atomic E-state index is 0.177. The van der Waals surface area contributed by atoms with Gasteiger partial charge in [0.05, 0.1) is 30.1 Å². The van der Waals surface area contributed by atoms with Gasteiger partial charge in [0, 0.05) is 6.42 Å². The fraction of sp³-hybridized carbons (Fsp3) is 0.500. The Bertz CT molecular complexity index is 598. The molecule has 7 heteroatoms. The molecule has 2 aromatic heterocycles. The molecule has 2 N–H and O–H groups in total. The fourth-order valence-electron chi connectivity index (χ4n) is 2.05. The first-order valence-corrected chi connectivity index (χ1v) is 5.82. The Balaban J connectivity index is 2.07. The van der Waals surface area contributed by atoms with Gasteiger partial charge in [-0.25, -0.2) is 9.67 Å². The zero-order valence-corrected chi connectivity index (χ0v) is 10.0. The summed E-state index contributed by atoms with van der Waals surface area (Å²) < 4.78 is 7.86. The molecule has 3 atom stereocenters. The lowest BCUT2D eigenvalue weighted by Crippen LogP contribution is -2.15. The van der Waals surface area contributed by atoms with Gasteiger partial charge in [-0.05, 0) is 6.92 Å². The molecular formula is C10H12N4O2S. The van der Waals surface area contributed by atoms with Crippen LogP contribution in [0, 0.1) is 4.64 Å². The van der Waals surface area contributed by atoms with E-state index in [1.165, 1.54) is 6.33 Å². The summed E-state index contributed by atoms with van der Waals surface area (Å²) in [4.78, 5) is 7.00. The molecule has 0 spiro atoms. The maximum absolute atomic E-state index is 9.68. The largest absolute Gasteiger partial charge is 0.390 e. The molecule has 0 aromatic carbocycles. The lowest BCUT2D eigenvalue weighted by Gasteiger charge is -2.11. The molecule has 1 fully saturated rings. The molecule has 1 aliphatic rings. The van der Waals surface area contributed by atoms with E-state index in [9.17, 15) is 5.11 Å². The standard InChI is InChI=1S/C10H12N4O2S/c1-5-7(15)2-8(16-5)14-9-6(3-13-14)10(17)12-4-11-9/h3-5,7-8,15H,2H2,1H3,(H,11,12,17)/t5-,7+,8-/m1/s1. The van der Waals surface area contributed by atoms with Crippen molar-refractivity contribution >= 4 is 23.3 Å². The fourth-order valence-corrected chi connectivity index (χ4v) is 2.25. The Morgan fingerprint density at radius 2 is 2.47 bits per heavy atom. The van der Waals surface area contributed by atoms with Gasteiger partial charge in [-0.2, -0.15) is 5.10 Å². The minimum Gasteiger partial charge on any atom is -0.390 e. The second-order valence-corrected chi connectivity index (χ2v) is 4.54. The Hall–Kier alpha value is -1.31. The van der Waals surface area contributed by atoms with Crippen LogP contribution in [0.25, 0.3) is 11.0 Å². The van der Waals surface area contributed by atoms with Crippen molar-refractivity contribution < 1.29 is 9.84 Å². The second kappa shape index (κ2) is 3.86. The minimum atomic E-state index is -0.455. The molecule has 0 unspecified atom stereocenters. The summed E-state index contributed by atoms with van der Waals surface area (Å²) in [5.41, 5.74) is 0.774. The lowest BCUT2D eigenvalue weighted by atomic mass is 10.2. The van der Waals surface area contributed by atoms with Crippen molar-refractivity contribution in [2.24, 2.45) is 0 Å². The van der Waals surface area contributed by atoms with Crippen molar-refractivity contribution in [3.05, 3.63) is 17.2 Å². The highest BCUT2D eigenvalue weighted by Crippen LogP contribution is 2.29. The van der Waals surface area contributed by atoms with Gasteiger partial charge in [-0.3, -0.25) is 0 Å². The van der Waals surface area contributed by atoms with E-state index in [2.05, 4.69) is 15.1 Å². The van der Waals surface area contributed by atoms with Gasteiger partial charge in [0.1, 0.15) is 10.3 Å². The van der Waals surface area contributed by atoms with Crippen LogP contribution in [0.15, 0.2) is 12.5 Å². The van der Waals surface area contributed by atoms with Gasteiger partial charge < -0.3 is 14.8 Å². The normalized spacial score (nSPS) is 28.9. The number of rotatable bonds is 1. The maximum Gasteiger partial charge on any atom is 0.155 e. The van der Waals surface area contributed by atoms with Crippen LogP contribution in [-0.2, 0) is 4.74 Å². The summed E-state index contributed by atoms with van der Waals surface area (Å²) in [7, 11) is 0. The molecule has 0 aliphatic carbocycles. The Kier molecular flexibility index (Phi) is 2.46. The first-order valence-electron chi connectivity index (χ1n) is 5.41. The van der Waals surface area contributed by atoms with Crippen LogP contribution in [0.1, 0.15) is 19.6 Å². The molecule has 90 valence electrons. The summed E-state index contributed by atoms with van der Waals surface area (Å²) in [6.45, 7) is 1.85. The first kappa shape index (κ1) is 10.8. The molecule has 0 amide bonds. The lowest BCUT2D eigenvalue weighted by molar-refractivity contribution is -0.0117. The van der Waals surface area contributed by atoms with Crippen LogP contribution in [0.5, 0.6) is 0 Å². The highest BCUT2D eigenvalue weighted by molar-refractivity contribution is 7.71. The van der Waals surface area contributed by atoms with Gasteiger partial charge in [0.2, 0.25) is 0 Å². The third-order valence-electron chi connectivity index (χ3n) is 3.04. The second-order valence-electron chi connectivity index (χ2n) is 4.16. The summed E-state index contributed by atoms with van der Waals surface area (Å²) in [6, 6.07) is 0. The summed E-state index contributed by atoms with van der Waals surface area (Å²) in [5.74, 6) is 0. The number of ether oxygens (including phenoxy) is 1. The molecular weight excluding hydrogens is 240 g/mol. The van der Waals surface area contributed by atoms with Crippen molar-refractivity contribution in [3.8, 4) is 0 Å². The topological polar surface area (TPSA) is 76.0 Å². The van der Waals surface area contributed by atoms with Crippen LogP contribution in [-0.4, -0.2) is 37.1 Å². The van der Waals surface area contributed by atoms with Crippen LogP contribution in [0.4, 0.5) is 0 Å². The number of aromatic nitrogens is 4. The third kappa shape index (κ3) is 1.67. The third-order valence-corrected chi connectivity index (χ3v) is 3.36. The van der Waals surface area contributed by atoms with Crippen molar-refractivity contribution in [1.29, 1.82) is 0 Å². The number of H-pyrrole nitrogens is 1. The van der Waals surface area contributed by atoms with Crippen molar-refractivity contribution in [3.63, 3.8) is 0 Å². The molecule has 6 nitrogen and oxygen atoms in total. The van der Waals surface area contributed by atoms with E-state index < -0.39 is 6.10 Å². The van der Waals surface area contributed by atoms with Gasteiger partial charge in [0.25, 0.3) is 0 Å². The Morgan fingerprint density at radius 3 is 3.18 bits per heavy atom. The highest BCUT2D eigenvalue weighted by Gasteiger charge is 2.33. The number of hydrogen-bond donors (Lipinski definition) is 2. The molecule has 1 aliphatic heterocycles. The van der Waals surface area contributed by atoms with Gasteiger partial charge in [-0.1, -0.05) is 12.2 Å². The van der Waals surface area contributed by atoms with Crippen LogP contribution >= 0.6 is 12.2 Å². The van der Waals surface area contributed by atoms with E-state index in [0.717, 1.165) is 11.0 Å². The zero-order chi connectivity index (χ0) is 12.0. The highest BCUT2D eigenvalue weighted by atomic mass is 32.1. The molecule has 3 heterocycles. The van der Waals surface area contributed by atoms with Crippen LogP contribution < -0.4 is 0 Å². The van der Waals surface area contributed by atoms with Gasteiger partial charge >= 0.3 is 0 Å². The summed E-state index contributed by atoms with van der Waals surface area (Å²) in [5, 5.41) is 14.7. The monoisotopic (exact) mass is 252 g/mol. The molecule has 0 saturated carbocycles. The van der Waals surface area contributed by atoms with Gasteiger partial charge in [0.15, 0.2) is 6.23 Å². The summed E-state index contributed by atoms with van der Waals surface area (Å²) in [6.07, 6.45) is 2.84. The SMILES string of the molecule is C[C@H]1O[C@@H](n2ncc3c(=S)nc[nH]c32)C[C@@H]1O. The maximum atomic E-state index is 9.68. The molecule has 3 rings (SSSR count). The number of hydrogen-bond acceptors (Lipinski definition) is 5. The Morgan fingerprint density at radius 1 is 1.65 bits per heavy atom. The average Bonchev–Trinajstić information content (AvgIpc) is 2.85. The Labute approximate surface area is 102 Å². The van der Waals surface area contributed by atoms with E-state index in [0.29, 0.717) is 11.1 Å². The van der Waals surface area contributed by atoms with E-state index in [-0.39, 0.29) is 12.3 Å². The zero-order valence-electron chi connectivity index (χ0n) is 9.20. The van der Waals surface area contributed by atoms with Crippen molar-refractivity contribution in [2.75, 3.05) is 0 Å². The molecule has 17 heavy (non-hydrogen) atoms. The van der Waals surface area contributed by atoms with E-state index in [1.807, 2.05) is 6.92 Å². The first-order chi connectivity index (χ1) is 8.16. The quantitative estimate of drug-likeness (QED) is 0.745. The van der Waals surface area contributed by atoms with Crippen molar-refractivity contribution in [1.82, 2.24) is 19.7 Å². The number of fused-ring (bicyclic) bond motifs is 1. The number of nitrogens with one attached hydrogen (secondary N) is 1.